The lowest BCUT2D eigenvalue weighted by atomic mass is 10.1. The molecule has 0 fully saturated rings. The lowest BCUT2D eigenvalue weighted by Gasteiger charge is -2.24. The van der Waals surface area contributed by atoms with Gasteiger partial charge in [0.25, 0.3) is 0 Å². The Balaban J connectivity index is 1.94. The van der Waals surface area contributed by atoms with Crippen molar-refractivity contribution in [1.29, 1.82) is 0 Å². The highest BCUT2D eigenvalue weighted by Crippen LogP contribution is 2.23. The van der Waals surface area contributed by atoms with Crippen LogP contribution < -0.4 is 16.0 Å². The molecule has 0 aromatic carbocycles. The third kappa shape index (κ3) is 9.31. The molecule has 0 saturated carbocycles. The number of rotatable bonds is 15. The van der Waals surface area contributed by atoms with E-state index in [1.54, 1.807) is 4.90 Å². The summed E-state index contributed by atoms with van der Waals surface area (Å²) in [5.41, 5.74) is 7.69. The van der Waals surface area contributed by atoms with Crippen molar-refractivity contribution < 1.29 is 5.11 Å². The van der Waals surface area contributed by atoms with Gasteiger partial charge in [-0.15, -0.1) is 12.3 Å². The summed E-state index contributed by atoms with van der Waals surface area (Å²) >= 11 is 0. The number of aromatic nitrogens is 2. The van der Waals surface area contributed by atoms with E-state index in [-0.39, 0.29) is 13.3 Å². The fourth-order valence-electron chi connectivity index (χ4n) is 3.31. The van der Waals surface area contributed by atoms with Crippen molar-refractivity contribution >= 4 is 18.4 Å². The molecule has 33 heavy (non-hydrogen) atoms. The van der Waals surface area contributed by atoms with Crippen LogP contribution in [0.2, 0.25) is 0 Å². The zero-order valence-corrected chi connectivity index (χ0v) is 19.2. The monoisotopic (exact) mass is 449 g/mol. The Hall–Kier alpha value is -3.41. The van der Waals surface area contributed by atoms with E-state index in [0.29, 0.717) is 30.2 Å². The summed E-state index contributed by atoms with van der Waals surface area (Å²) in [6, 6.07) is 0. The topological polar surface area (TPSA) is 103 Å². The summed E-state index contributed by atoms with van der Waals surface area (Å²) < 4.78 is 0. The molecule has 176 valence electrons. The van der Waals surface area contributed by atoms with Gasteiger partial charge in [0.1, 0.15) is 24.7 Å². The van der Waals surface area contributed by atoms with Crippen LogP contribution in [-0.2, 0) is 6.54 Å². The second kappa shape index (κ2) is 15.4. The Morgan fingerprint density at radius 1 is 1.33 bits per heavy atom. The molecule has 0 unspecified atom stereocenters. The number of nitrogens with one attached hydrogen (secondary N) is 1. The van der Waals surface area contributed by atoms with Gasteiger partial charge in [0.15, 0.2) is 0 Å². The predicted octanol–water partition coefficient (Wildman–Crippen LogP) is 2.62. The van der Waals surface area contributed by atoms with Gasteiger partial charge in [-0.25, -0.2) is 9.97 Å². The van der Waals surface area contributed by atoms with Gasteiger partial charge in [-0.2, -0.15) is 0 Å². The zero-order valence-electron chi connectivity index (χ0n) is 19.2. The van der Waals surface area contributed by atoms with E-state index < -0.39 is 0 Å². The number of nitrogens with zero attached hydrogens (tertiary/aromatic N) is 5. The number of nitrogen functional groups attached to an aromatic ring is 1. The summed E-state index contributed by atoms with van der Waals surface area (Å²) in [6.45, 7) is 6.80. The number of terminal acetylenes is 1. The molecule has 8 heteroatoms. The van der Waals surface area contributed by atoms with Crippen LogP contribution in [0.3, 0.4) is 0 Å². The summed E-state index contributed by atoms with van der Waals surface area (Å²) in [6.07, 6.45) is 25.0. The highest BCUT2D eigenvalue weighted by molar-refractivity contribution is 5.57. The quantitative estimate of drug-likeness (QED) is 0.124. The van der Waals surface area contributed by atoms with Crippen molar-refractivity contribution in [3.05, 3.63) is 60.2 Å². The molecular formula is C25H35N7O. The van der Waals surface area contributed by atoms with Crippen molar-refractivity contribution in [2.24, 2.45) is 4.99 Å². The third-order valence-corrected chi connectivity index (χ3v) is 5.00. The van der Waals surface area contributed by atoms with Crippen LogP contribution in [0, 0.1) is 12.3 Å². The van der Waals surface area contributed by atoms with E-state index in [0.717, 1.165) is 44.5 Å². The number of allylic oxidation sites excluding steroid dienone is 3. The average Bonchev–Trinajstić information content (AvgIpc) is 2.83. The number of hydrogen-bond donors (Lipinski definition) is 3. The Labute approximate surface area is 197 Å². The van der Waals surface area contributed by atoms with E-state index in [9.17, 15) is 5.11 Å². The highest BCUT2D eigenvalue weighted by atomic mass is 16.3. The van der Waals surface area contributed by atoms with Gasteiger partial charge < -0.3 is 26.0 Å². The first-order valence-corrected chi connectivity index (χ1v) is 11.2. The molecular weight excluding hydrogens is 414 g/mol. The van der Waals surface area contributed by atoms with Crippen LogP contribution in [0.5, 0.6) is 0 Å². The number of anilines is 2. The Bertz CT molecular complexity index is 887. The lowest BCUT2D eigenvalue weighted by molar-refractivity contribution is 0.293. The van der Waals surface area contributed by atoms with Gasteiger partial charge in [-0.05, 0) is 50.5 Å². The van der Waals surface area contributed by atoms with E-state index in [1.807, 2.05) is 0 Å². The summed E-state index contributed by atoms with van der Waals surface area (Å²) in [7, 11) is 0. The van der Waals surface area contributed by atoms with Crippen molar-refractivity contribution in [2.75, 3.05) is 43.5 Å². The van der Waals surface area contributed by atoms with E-state index in [4.69, 9.17) is 12.2 Å². The number of nitrogens with two attached hydrogens (primary N) is 1. The molecule has 0 saturated heterocycles. The number of hydrogen-bond acceptors (Lipinski definition) is 8. The maximum absolute atomic E-state index is 10.0. The predicted molar refractivity (Wildman–Crippen MR) is 137 cm³/mol. The van der Waals surface area contributed by atoms with E-state index in [1.165, 1.54) is 6.33 Å². The van der Waals surface area contributed by atoms with Gasteiger partial charge in [0.2, 0.25) is 0 Å². The first-order chi connectivity index (χ1) is 16.2. The molecule has 1 aromatic rings. The van der Waals surface area contributed by atoms with Gasteiger partial charge in [-0.1, -0.05) is 30.4 Å². The van der Waals surface area contributed by atoms with Crippen LogP contribution in [0.25, 0.3) is 0 Å². The molecule has 0 spiro atoms. The number of aliphatic imine (C=N–C) groups is 1. The zero-order chi connectivity index (χ0) is 23.7. The van der Waals surface area contributed by atoms with Gasteiger partial charge >= 0.3 is 0 Å². The third-order valence-electron chi connectivity index (χ3n) is 5.00. The Kier molecular flexibility index (Phi) is 12.1. The van der Waals surface area contributed by atoms with Crippen molar-refractivity contribution in [1.82, 2.24) is 20.2 Å². The van der Waals surface area contributed by atoms with Crippen molar-refractivity contribution in [2.45, 2.75) is 32.2 Å². The summed E-state index contributed by atoms with van der Waals surface area (Å²) in [5.74, 6) is 3.55. The first-order valence-electron chi connectivity index (χ1n) is 11.2. The fraction of sp³-hybridized carbons (Fsp3) is 0.400. The molecule has 2 heterocycles. The molecule has 0 amide bonds. The Morgan fingerprint density at radius 2 is 2.15 bits per heavy atom. The lowest BCUT2D eigenvalue weighted by Crippen LogP contribution is -2.29. The normalized spacial score (nSPS) is 13.5. The standard InChI is InChI=1S/C25H35N7O/c1-3-4-6-11-22(12-7-8-13-28-14-17-31-15-9-5-10-16-31)19-32(21-33)25-23(18-27-2)24(26)29-20-30-25/h1,7,9-12,15-16,20,28,33H,2,4-6,8,13-14,17-19,21H2,(H2,26,29,30)/b12-7-,22-11?. The minimum absolute atomic E-state index is 0.220. The maximum atomic E-state index is 10.0. The number of aliphatic hydroxyl groups is 1. The molecule has 4 N–H and O–H groups in total. The molecule has 0 radical (unpaired) electrons. The SMILES string of the molecule is C#CCCC=C(/C=C\CCNCCN1C=CCC=C1)CN(CO)c1ncnc(N)c1CN=C. The van der Waals surface area contributed by atoms with E-state index in [2.05, 4.69) is 80.6 Å². The van der Waals surface area contributed by atoms with E-state index >= 15 is 0 Å². The highest BCUT2D eigenvalue weighted by Gasteiger charge is 2.16. The second-order valence-corrected chi connectivity index (χ2v) is 7.49. The molecule has 1 aliphatic rings. The number of unbranched alkanes of at least 4 members (excludes halogenated alkanes) is 1. The van der Waals surface area contributed by atoms with Crippen LogP contribution >= 0.6 is 0 Å². The first kappa shape index (κ1) is 25.8. The smallest absolute Gasteiger partial charge is 0.141 e. The summed E-state index contributed by atoms with van der Waals surface area (Å²) in [5, 5.41) is 13.5. The van der Waals surface area contributed by atoms with Crippen LogP contribution in [0.4, 0.5) is 11.6 Å². The minimum atomic E-state index is -0.220. The second-order valence-electron chi connectivity index (χ2n) is 7.49. The molecule has 0 bridgehead atoms. The molecule has 8 nitrogen and oxygen atoms in total. The molecule has 1 aromatic heterocycles. The molecule has 0 atom stereocenters. The van der Waals surface area contributed by atoms with Crippen molar-refractivity contribution in [3.63, 3.8) is 0 Å². The molecule has 0 aliphatic carbocycles. The van der Waals surface area contributed by atoms with Gasteiger partial charge in [-0.3, -0.25) is 4.99 Å². The Morgan fingerprint density at radius 3 is 2.88 bits per heavy atom. The van der Waals surface area contributed by atoms with Crippen LogP contribution in [0.1, 0.15) is 31.2 Å². The maximum Gasteiger partial charge on any atom is 0.141 e. The fourth-order valence-corrected chi connectivity index (χ4v) is 3.31. The average molecular weight is 450 g/mol. The minimum Gasteiger partial charge on any atom is -0.383 e. The van der Waals surface area contributed by atoms with Crippen LogP contribution in [0.15, 0.2) is 59.7 Å². The molecule has 2 rings (SSSR count). The van der Waals surface area contributed by atoms with Crippen molar-refractivity contribution in [3.8, 4) is 12.3 Å². The van der Waals surface area contributed by atoms with Gasteiger partial charge in [0.05, 0.1) is 12.1 Å². The summed E-state index contributed by atoms with van der Waals surface area (Å²) in [4.78, 5) is 16.2. The van der Waals surface area contributed by atoms with Gasteiger partial charge in [0, 0.05) is 26.1 Å². The largest absolute Gasteiger partial charge is 0.383 e. The number of aliphatic hydroxyl groups excluding tert-OH is 1. The van der Waals surface area contributed by atoms with Crippen LogP contribution in [-0.4, -0.2) is 59.6 Å². The molecule has 1 aliphatic heterocycles.